The van der Waals surface area contributed by atoms with Crippen LogP contribution in [-0.2, 0) is 4.79 Å². The Morgan fingerprint density at radius 3 is 2.50 bits per heavy atom. The molecular formula is C3H8O. The number of hydrogen-bond donors (Lipinski definition) is 0. The second kappa shape index (κ2) is 2.67. The Bertz CT molecular complexity index is 20.9. The fourth-order valence-electron chi connectivity index (χ4n) is 0. The molecule has 0 aliphatic rings. The van der Waals surface area contributed by atoms with Gasteiger partial charge in [0.2, 0.25) is 0 Å². The Hall–Kier alpha value is -0.330. The highest BCUT2D eigenvalue weighted by atomic mass is 16.1. The predicted octanol–water partition coefficient (Wildman–Crippen LogP) is 0.841. The zero-order valence-electron chi connectivity index (χ0n) is 2.69. The van der Waals surface area contributed by atoms with Gasteiger partial charge in [0, 0.05) is 7.85 Å². The van der Waals surface area contributed by atoms with Crippen molar-refractivity contribution in [2.75, 3.05) is 0 Å². The highest BCUT2D eigenvalue weighted by Gasteiger charge is 1.52. The lowest BCUT2D eigenvalue weighted by Crippen LogP contribution is -1.55. The van der Waals surface area contributed by atoms with Crippen molar-refractivity contribution in [3.63, 3.8) is 0 Å². The third-order valence-corrected chi connectivity index (χ3v) is 0.167. The van der Waals surface area contributed by atoms with E-state index in [9.17, 15) is 4.79 Å². The van der Waals surface area contributed by atoms with Crippen LogP contribution in [0.2, 0.25) is 0 Å². The summed E-state index contributed by atoms with van der Waals surface area (Å²) in [6, 6.07) is 0. The van der Waals surface area contributed by atoms with E-state index in [1.165, 1.54) is 0 Å². The molecule has 0 rings (SSSR count). The van der Waals surface area contributed by atoms with Crippen LogP contribution in [0.15, 0.2) is 0 Å². The molecular weight excluding hydrogens is 52.0 g/mol. The Morgan fingerprint density at radius 2 is 2.50 bits per heavy atom. The summed E-state index contributed by atoms with van der Waals surface area (Å²) >= 11 is 0. The van der Waals surface area contributed by atoms with Crippen molar-refractivity contribution in [1.29, 1.82) is 0 Å². The Morgan fingerprint density at radius 1 is 2.25 bits per heavy atom. The average Bonchev–Trinajstić information content (AvgIpc) is 1.37. The fourth-order valence-corrected chi connectivity index (χ4v) is 0. The van der Waals surface area contributed by atoms with Crippen LogP contribution >= 0.6 is 0 Å². The molecule has 0 aromatic rings. The molecule has 0 aromatic carbocycles. The van der Waals surface area contributed by atoms with Crippen molar-refractivity contribution in [3.8, 4) is 0 Å². The van der Waals surface area contributed by atoms with E-state index in [2.05, 4.69) is 0 Å². The SMILES string of the molecule is CCC=O.[2HH]. The molecule has 0 aromatic heterocycles. The van der Waals surface area contributed by atoms with E-state index in [1.54, 1.807) is 0 Å². The number of aldehydes is 1. The maximum absolute atomic E-state index is 9.17. The molecule has 1 nitrogen and oxygen atoms in total. The Labute approximate surface area is 27.1 Å². The van der Waals surface area contributed by atoms with Crippen LogP contribution < -0.4 is 0 Å². The molecule has 0 heterocycles. The van der Waals surface area contributed by atoms with Crippen molar-refractivity contribution in [2.45, 2.75) is 13.3 Å². The van der Waals surface area contributed by atoms with Gasteiger partial charge in [0.15, 0.2) is 0 Å². The second-order valence-electron chi connectivity index (χ2n) is 0.575. The lowest BCUT2D eigenvalue weighted by atomic mass is 10.6. The van der Waals surface area contributed by atoms with Crippen molar-refractivity contribution in [1.82, 2.24) is 0 Å². The second-order valence-corrected chi connectivity index (χ2v) is 0.575. The number of carbonyl (C=O) groups is 1. The van der Waals surface area contributed by atoms with Crippen LogP contribution in [0.5, 0.6) is 0 Å². The summed E-state index contributed by atoms with van der Waals surface area (Å²) in [7, 11) is 0. The first-order valence-electron chi connectivity index (χ1n) is 1.35. The van der Waals surface area contributed by atoms with Gasteiger partial charge in [-0.25, -0.2) is 0 Å². The summed E-state index contributed by atoms with van der Waals surface area (Å²) in [5, 5.41) is 0. The molecule has 26 valence electrons. The van der Waals surface area contributed by atoms with Gasteiger partial charge in [-0.15, -0.1) is 0 Å². The maximum atomic E-state index is 9.17. The van der Waals surface area contributed by atoms with Crippen molar-refractivity contribution in [3.05, 3.63) is 0 Å². The highest BCUT2D eigenvalue weighted by molar-refractivity contribution is 5.48. The summed E-state index contributed by atoms with van der Waals surface area (Å²) < 4.78 is 0. The van der Waals surface area contributed by atoms with E-state index in [0.717, 1.165) is 6.29 Å². The van der Waals surface area contributed by atoms with Gasteiger partial charge in [-0.05, 0) is 0 Å². The van der Waals surface area contributed by atoms with Crippen molar-refractivity contribution >= 4 is 6.29 Å². The quantitative estimate of drug-likeness (QED) is 0.410. The summed E-state index contributed by atoms with van der Waals surface area (Å²) in [6.07, 6.45) is 1.51. The van der Waals surface area contributed by atoms with Crippen LogP contribution in [0, 0.1) is 0 Å². The molecule has 0 aliphatic carbocycles. The van der Waals surface area contributed by atoms with Gasteiger partial charge in [0.25, 0.3) is 0 Å². The van der Waals surface area contributed by atoms with Gasteiger partial charge in [0.1, 0.15) is 6.29 Å². The van der Waals surface area contributed by atoms with Crippen LogP contribution in [0.3, 0.4) is 0 Å². The van der Waals surface area contributed by atoms with E-state index >= 15 is 0 Å². The first kappa shape index (κ1) is 3.67. The fraction of sp³-hybridized carbons (Fsp3) is 0.667. The monoisotopic (exact) mass is 61.1 g/mol. The van der Waals surface area contributed by atoms with Crippen LogP contribution in [0.1, 0.15) is 14.8 Å². The molecule has 0 spiro atoms. The zero-order chi connectivity index (χ0) is 3.41. The first-order chi connectivity index (χ1) is 1.91. The van der Waals surface area contributed by atoms with E-state index < -0.39 is 0 Å². The minimum absolute atomic E-state index is 0. The largest absolute Gasteiger partial charge is 0.303 e. The molecule has 0 atom stereocenters. The van der Waals surface area contributed by atoms with E-state index in [1.807, 2.05) is 6.92 Å². The lowest BCUT2D eigenvalue weighted by Gasteiger charge is -1.51. The highest BCUT2D eigenvalue weighted by Crippen LogP contribution is 1.53. The third-order valence-electron chi connectivity index (χ3n) is 0.167. The van der Waals surface area contributed by atoms with E-state index in [0.29, 0.717) is 6.42 Å². The summed E-state index contributed by atoms with van der Waals surface area (Å²) in [4.78, 5) is 9.17. The molecule has 0 radical (unpaired) electrons. The molecule has 0 N–H and O–H groups in total. The molecule has 0 amide bonds. The predicted molar refractivity (Wildman–Crippen MR) is 18.5 cm³/mol. The van der Waals surface area contributed by atoms with Crippen LogP contribution in [-0.4, -0.2) is 6.29 Å². The standard InChI is InChI=1S/C3H6O.H2/c1-2-3-4;/h3H,2H2,1H3;1H/i;1+1. The number of hydrogen-bond acceptors (Lipinski definition) is 1. The molecule has 0 bridgehead atoms. The van der Waals surface area contributed by atoms with Gasteiger partial charge in [-0.1, -0.05) is 6.92 Å². The Balaban J connectivity index is 0. The van der Waals surface area contributed by atoms with Gasteiger partial charge in [-0.2, -0.15) is 0 Å². The van der Waals surface area contributed by atoms with E-state index in [4.69, 9.17) is 0 Å². The molecule has 4 heavy (non-hydrogen) atoms. The normalized spacial score (nSPS) is 6.25. The molecule has 0 unspecified atom stereocenters. The average molecular weight is 61.1 g/mol. The van der Waals surface area contributed by atoms with Gasteiger partial charge < -0.3 is 4.79 Å². The number of carbonyl (C=O) groups excluding carboxylic acids is 1. The van der Waals surface area contributed by atoms with E-state index in [-0.39, 0.29) is 1.43 Å². The van der Waals surface area contributed by atoms with Crippen molar-refractivity contribution < 1.29 is 6.22 Å². The minimum Gasteiger partial charge on any atom is -0.303 e. The van der Waals surface area contributed by atoms with Gasteiger partial charge in [-0.3, -0.25) is 0 Å². The van der Waals surface area contributed by atoms with Crippen LogP contribution in [0.4, 0.5) is 0 Å². The zero-order valence-corrected chi connectivity index (χ0v) is 2.69. The summed E-state index contributed by atoms with van der Waals surface area (Å²) in [5.74, 6) is 0. The maximum Gasteiger partial charge on any atom is 0.119 e. The van der Waals surface area contributed by atoms with Crippen LogP contribution in [0.25, 0.3) is 0 Å². The number of rotatable bonds is 1. The Kier molecular flexibility index (Phi) is 2.45. The molecule has 0 aliphatic heterocycles. The van der Waals surface area contributed by atoms with Gasteiger partial charge >= 0.3 is 0 Å². The molecule has 0 saturated carbocycles. The summed E-state index contributed by atoms with van der Waals surface area (Å²) in [5.41, 5.74) is 0. The first-order valence-corrected chi connectivity index (χ1v) is 1.35. The molecule has 0 saturated heterocycles. The summed E-state index contributed by atoms with van der Waals surface area (Å²) in [6.45, 7) is 1.81. The molecule has 0 fully saturated rings. The smallest absolute Gasteiger partial charge is 0.119 e. The topological polar surface area (TPSA) is 17.1 Å². The van der Waals surface area contributed by atoms with Gasteiger partial charge in [0.05, 0.1) is 0 Å². The molecule has 1 heteroatoms. The van der Waals surface area contributed by atoms with Crippen molar-refractivity contribution in [2.24, 2.45) is 0 Å². The third kappa shape index (κ3) is 1.67. The lowest BCUT2D eigenvalue weighted by molar-refractivity contribution is -0.107. The minimum atomic E-state index is 0.